The largest absolute Gasteiger partial charge is 0.497 e. The van der Waals surface area contributed by atoms with Crippen LogP contribution in [0.2, 0.25) is 0 Å². The van der Waals surface area contributed by atoms with Gasteiger partial charge >= 0.3 is 0 Å². The van der Waals surface area contributed by atoms with Gasteiger partial charge < -0.3 is 10.1 Å². The lowest BCUT2D eigenvalue weighted by Gasteiger charge is -2.35. The molecule has 1 heterocycles. The van der Waals surface area contributed by atoms with Crippen LogP contribution in [0.3, 0.4) is 0 Å². The fourth-order valence-electron chi connectivity index (χ4n) is 1.97. The monoisotopic (exact) mass is 278 g/mol. The lowest BCUT2D eigenvalue weighted by molar-refractivity contribution is 0.390. The Kier molecular flexibility index (Phi) is 4.75. The maximum absolute atomic E-state index is 5.15. The highest BCUT2D eigenvalue weighted by Crippen LogP contribution is 2.25. The van der Waals surface area contributed by atoms with Crippen molar-refractivity contribution in [2.24, 2.45) is 4.99 Å². The average molecular weight is 278 g/mol. The standard InChI is InChI=1S/C15H22N2OS/c1-4-15(2)9-10-19-14(17-15)16-11-12-5-7-13(18-3)8-6-12/h5-8H,4,9-11H2,1-3H3,(H,16,17). The van der Waals surface area contributed by atoms with Gasteiger partial charge in [0.1, 0.15) is 5.75 Å². The smallest absolute Gasteiger partial charge is 0.157 e. The molecule has 4 heteroatoms. The van der Waals surface area contributed by atoms with E-state index in [2.05, 4.69) is 36.3 Å². The van der Waals surface area contributed by atoms with Gasteiger partial charge in [0, 0.05) is 11.3 Å². The van der Waals surface area contributed by atoms with E-state index < -0.39 is 0 Å². The number of aliphatic imine (C=N–C) groups is 1. The number of hydrogen-bond donors (Lipinski definition) is 1. The zero-order chi connectivity index (χ0) is 13.7. The molecule has 1 aliphatic heterocycles. The summed E-state index contributed by atoms with van der Waals surface area (Å²) in [5, 5.41) is 4.64. The molecule has 3 nitrogen and oxygen atoms in total. The molecule has 0 amide bonds. The van der Waals surface area contributed by atoms with Crippen molar-refractivity contribution >= 4 is 16.9 Å². The van der Waals surface area contributed by atoms with E-state index in [1.54, 1.807) is 7.11 Å². The van der Waals surface area contributed by atoms with E-state index in [9.17, 15) is 0 Å². The zero-order valence-electron chi connectivity index (χ0n) is 11.9. The van der Waals surface area contributed by atoms with Crippen molar-refractivity contribution in [2.75, 3.05) is 12.9 Å². The number of benzene rings is 1. The Morgan fingerprint density at radius 3 is 2.74 bits per heavy atom. The predicted molar refractivity (Wildman–Crippen MR) is 83.0 cm³/mol. The summed E-state index contributed by atoms with van der Waals surface area (Å²) in [5.74, 6) is 2.04. The lowest BCUT2D eigenvalue weighted by Crippen LogP contribution is -2.48. The molecule has 104 valence electrons. The Labute approximate surface area is 119 Å². The molecule has 1 atom stereocenters. The molecule has 0 spiro atoms. The Balaban J connectivity index is 1.97. The molecule has 0 radical (unpaired) electrons. The molecule has 0 aromatic heterocycles. The lowest BCUT2D eigenvalue weighted by atomic mass is 9.96. The number of nitrogens with zero attached hydrogens (tertiary/aromatic N) is 1. The van der Waals surface area contributed by atoms with Crippen LogP contribution in [0.4, 0.5) is 0 Å². The van der Waals surface area contributed by atoms with Gasteiger partial charge in [-0.25, -0.2) is 0 Å². The minimum Gasteiger partial charge on any atom is -0.497 e. The van der Waals surface area contributed by atoms with Gasteiger partial charge in [0.25, 0.3) is 0 Å². The minimum absolute atomic E-state index is 0.212. The molecule has 2 rings (SSSR count). The normalized spacial score (nSPS) is 25.1. The van der Waals surface area contributed by atoms with Gasteiger partial charge in [-0.3, -0.25) is 4.99 Å². The Hall–Kier alpha value is -1.16. The van der Waals surface area contributed by atoms with E-state index >= 15 is 0 Å². The summed E-state index contributed by atoms with van der Waals surface area (Å²) < 4.78 is 5.15. The van der Waals surface area contributed by atoms with Gasteiger partial charge in [0.15, 0.2) is 5.17 Å². The van der Waals surface area contributed by atoms with Crippen LogP contribution in [0.15, 0.2) is 29.3 Å². The summed E-state index contributed by atoms with van der Waals surface area (Å²) in [6.45, 7) is 5.22. The predicted octanol–water partition coefficient (Wildman–Crippen LogP) is 3.45. The second kappa shape index (κ2) is 6.33. The van der Waals surface area contributed by atoms with Gasteiger partial charge in [-0.05, 0) is 37.5 Å². The van der Waals surface area contributed by atoms with Crippen LogP contribution in [-0.2, 0) is 6.54 Å². The van der Waals surface area contributed by atoms with E-state index in [-0.39, 0.29) is 5.54 Å². The van der Waals surface area contributed by atoms with E-state index in [1.807, 2.05) is 23.9 Å². The molecule has 1 N–H and O–H groups in total. The van der Waals surface area contributed by atoms with Gasteiger partial charge in [0.2, 0.25) is 0 Å². The van der Waals surface area contributed by atoms with Gasteiger partial charge in [-0.15, -0.1) is 0 Å². The van der Waals surface area contributed by atoms with E-state index in [0.717, 1.165) is 29.6 Å². The first-order valence-electron chi connectivity index (χ1n) is 6.73. The van der Waals surface area contributed by atoms with Crippen LogP contribution in [0.1, 0.15) is 32.3 Å². The molecule has 0 saturated carbocycles. The van der Waals surface area contributed by atoms with Crippen LogP contribution >= 0.6 is 11.8 Å². The molecular weight excluding hydrogens is 256 g/mol. The second-order valence-corrected chi connectivity index (χ2v) is 6.19. The average Bonchev–Trinajstić information content (AvgIpc) is 2.46. The summed E-state index contributed by atoms with van der Waals surface area (Å²) in [6.07, 6.45) is 2.34. The van der Waals surface area contributed by atoms with Crippen molar-refractivity contribution in [1.82, 2.24) is 5.32 Å². The highest BCUT2D eigenvalue weighted by atomic mass is 32.2. The molecule has 0 aliphatic carbocycles. The molecule has 1 aromatic rings. The topological polar surface area (TPSA) is 33.6 Å². The van der Waals surface area contributed by atoms with Gasteiger partial charge in [-0.1, -0.05) is 30.8 Å². The molecular formula is C15H22N2OS. The van der Waals surface area contributed by atoms with E-state index in [1.165, 1.54) is 12.0 Å². The Morgan fingerprint density at radius 1 is 1.37 bits per heavy atom. The quantitative estimate of drug-likeness (QED) is 0.916. The molecule has 1 saturated heterocycles. The maximum atomic E-state index is 5.15. The number of amidine groups is 1. The van der Waals surface area contributed by atoms with Gasteiger partial charge in [-0.2, -0.15) is 0 Å². The second-order valence-electron chi connectivity index (χ2n) is 5.11. The molecule has 1 fully saturated rings. The molecule has 19 heavy (non-hydrogen) atoms. The summed E-state index contributed by atoms with van der Waals surface area (Å²) in [6, 6.07) is 8.09. The van der Waals surface area contributed by atoms with Crippen molar-refractivity contribution in [3.05, 3.63) is 29.8 Å². The first-order chi connectivity index (χ1) is 9.15. The van der Waals surface area contributed by atoms with Crippen LogP contribution in [0.25, 0.3) is 0 Å². The molecule has 0 bridgehead atoms. The number of thioether (sulfide) groups is 1. The Bertz CT molecular complexity index is 444. The van der Waals surface area contributed by atoms with E-state index in [4.69, 9.17) is 4.74 Å². The highest BCUT2D eigenvalue weighted by molar-refractivity contribution is 8.13. The van der Waals surface area contributed by atoms with E-state index in [0.29, 0.717) is 0 Å². The third-order valence-electron chi connectivity index (χ3n) is 3.65. The highest BCUT2D eigenvalue weighted by Gasteiger charge is 2.27. The molecule has 1 aliphatic rings. The summed E-state index contributed by atoms with van der Waals surface area (Å²) in [4.78, 5) is 4.68. The zero-order valence-corrected chi connectivity index (χ0v) is 12.7. The van der Waals surface area contributed by atoms with Crippen molar-refractivity contribution in [1.29, 1.82) is 0 Å². The maximum Gasteiger partial charge on any atom is 0.157 e. The third kappa shape index (κ3) is 3.90. The minimum atomic E-state index is 0.212. The van der Waals surface area contributed by atoms with Crippen LogP contribution in [-0.4, -0.2) is 23.6 Å². The number of hydrogen-bond acceptors (Lipinski definition) is 3. The molecule has 1 unspecified atom stereocenters. The SMILES string of the molecule is CCC1(C)CCSC(=NCc2ccc(OC)cc2)N1. The number of rotatable bonds is 4. The van der Waals surface area contributed by atoms with Gasteiger partial charge in [0.05, 0.1) is 13.7 Å². The van der Waals surface area contributed by atoms with Crippen molar-refractivity contribution < 1.29 is 4.74 Å². The summed E-state index contributed by atoms with van der Waals surface area (Å²) >= 11 is 1.82. The number of ether oxygens (including phenoxy) is 1. The fraction of sp³-hybridized carbons (Fsp3) is 0.533. The van der Waals surface area contributed by atoms with Crippen molar-refractivity contribution in [3.8, 4) is 5.75 Å². The van der Waals surface area contributed by atoms with Crippen molar-refractivity contribution in [3.63, 3.8) is 0 Å². The Morgan fingerprint density at radius 2 is 2.11 bits per heavy atom. The summed E-state index contributed by atoms with van der Waals surface area (Å²) in [7, 11) is 1.68. The first-order valence-corrected chi connectivity index (χ1v) is 7.72. The summed E-state index contributed by atoms with van der Waals surface area (Å²) in [5.41, 5.74) is 1.42. The number of methoxy groups -OCH3 is 1. The van der Waals surface area contributed by atoms with Crippen molar-refractivity contribution in [2.45, 2.75) is 38.8 Å². The fourth-order valence-corrected chi connectivity index (χ4v) is 3.19. The first kappa shape index (κ1) is 14.3. The third-order valence-corrected chi connectivity index (χ3v) is 4.56. The van der Waals surface area contributed by atoms with Crippen LogP contribution < -0.4 is 10.1 Å². The number of nitrogens with one attached hydrogen (secondary N) is 1. The van der Waals surface area contributed by atoms with Crippen LogP contribution in [0, 0.1) is 0 Å². The van der Waals surface area contributed by atoms with Crippen LogP contribution in [0.5, 0.6) is 5.75 Å². The molecule has 1 aromatic carbocycles.